The van der Waals surface area contributed by atoms with Crippen molar-refractivity contribution in [1.82, 2.24) is 0 Å². The predicted molar refractivity (Wildman–Crippen MR) is 73.6 cm³/mol. The molecule has 0 spiro atoms. The van der Waals surface area contributed by atoms with E-state index in [4.69, 9.17) is 16.2 Å². The van der Waals surface area contributed by atoms with Crippen molar-refractivity contribution in [1.29, 1.82) is 0 Å². The standard InChI is InChI=1S/C14H15N3O/c15-11-6-5-9(7-12(11)16)17-13-8-18-14-4-2-1-3-10(13)14/h1-7,13,17H,8,15-16H2. The van der Waals surface area contributed by atoms with Crippen molar-refractivity contribution in [2.24, 2.45) is 0 Å². The molecule has 0 bridgehead atoms. The van der Waals surface area contributed by atoms with Crippen LogP contribution in [0.15, 0.2) is 42.5 Å². The number of hydrogen-bond donors (Lipinski definition) is 3. The topological polar surface area (TPSA) is 73.3 Å². The molecule has 1 aliphatic rings. The average molecular weight is 241 g/mol. The Labute approximate surface area is 106 Å². The number of benzene rings is 2. The molecular weight excluding hydrogens is 226 g/mol. The Bertz CT molecular complexity index is 583. The van der Waals surface area contributed by atoms with Crippen LogP contribution in [0.2, 0.25) is 0 Å². The molecule has 0 saturated heterocycles. The molecule has 1 heterocycles. The first kappa shape index (κ1) is 10.8. The van der Waals surface area contributed by atoms with Crippen molar-refractivity contribution >= 4 is 17.1 Å². The molecule has 5 N–H and O–H groups in total. The number of anilines is 3. The van der Waals surface area contributed by atoms with Crippen LogP contribution in [0, 0.1) is 0 Å². The first-order chi connectivity index (χ1) is 8.74. The van der Waals surface area contributed by atoms with E-state index in [1.54, 1.807) is 6.07 Å². The number of nitrogens with two attached hydrogens (primary N) is 2. The van der Waals surface area contributed by atoms with E-state index >= 15 is 0 Å². The Balaban J connectivity index is 1.84. The van der Waals surface area contributed by atoms with Crippen molar-refractivity contribution in [3.63, 3.8) is 0 Å². The Morgan fingerprint density at radius 2 is 1.89 bits per heavy atom. The van der Waals surface area contributed by atoms with E-state index in [0.717, 1.165) is 11.4 Å². The molecule has 0 fully saturated rings. The van der Waals surface area contributed by atoms with Gasteiger partial charge in [-0.15, -0.1) is 0 Å². The zero-order chi connectivity index (χ0) is 12.5. The van der Waals surface area contributed by atoms with Gasteiger partial charge in [0.1, 0.15) is 12.4 Å². The normalized spacial score (nSPS) is 17.0. The summed E-state index contributed by atoms with van der Waals surface area (Å²) in [5, 5.41) is 3.40. The Kier molecular flexibility index (Phi) is 2.48. The number of hydrogen-bond acceptors (Lipinski definition) is 4. The van der Waals surface area contributed by atoms with Crippen LogP contribution in [0.3, 0.4) is 0 Å². The Morgan fingerprint density at radius 1 is 1.06 bits per heavy atom. The van der Waals surface area contributed by atoms with Gasteiger partial charge in [-0.2, -0.15) is 0 Å². The maximum atomic E-state index is 5.79. The summed E-state index contributed by atoms with van der Waals surface area (Å²) in [7, 11) is 0. The van der Waals surface area contributed by atoms with Gasteiger partial charge in [-0.05, 0) is 24.3 Å². The lowest BCUT2D eigenvalue weighted by Gasteiger charge is -2.14. The van der Waals surface area contributed by atoms with Gasteiger partial charge in [0.05, 0.1) is 17.4 Å². The van der Waals surface area contributed by atoms with Gasteiger partial charge in [0, 0.05) is 11.3 Å². The van der Waals surface area contributed by atoms with Crippen LogP contribution in [0.1, 0.15) is 11.6 Å². The minimum Gasteiger partial charge on any atom is -0.491 e. The van der Waals surface area contributed by atoms with Crippen LogP contribution < -0.4 is 21.5 Å². The molecular formula is C14H15N3O. The highest BCUT2D eigenvalue weighted by atomic mass is 16.5. The Morgan fingerprint density at radius 3 is 2.72 bits per heavy atom. The zero-order valence-corrected chi connectivity index (χ0v) is 9.89. The lowest BCUT2D eigenvalue weighted by molar-refractivity contribution is 0.340. The Hall–Kier alpha value is -2.36. The van der Waals surface area contributed by atoms with Gasteiger partial charge in [-0.1, -0.05) is 18.2 Å². The molecule has 1 unspecified atom stereocenters. The number of ether oxygens (including phenoxy) is 1. The van der Waals surface area contributed by atoms with E-state index < -0.39 is 0 Å². The molecule has 0 aromatic heterocycles. The highest BCUT2D eigenvalue weighted by Gasteiger charge is 2.23. The van der Waals surface area contributed by atoms with Crippen molar-refractivity contribution in [3.8, 4) is 5.75 Å². The minimum absolute atomic E-state index is 0.157. The van der Waals surface area contributed by atoms with E-state index in [2.05, 4.69) is 11.4 Å². The summed E-state index contributed by atoms with van der Waals surface area (Å²) >= 11 is 0. The molecule has 2 aromatic rings. The summed E-state index contributed by atoms with van der Waals surface area (Å²) < 4.78 is 5.62. The van der Waals surface area contributed by atoms with Crippen molar-refractivity contribution < 1.29 is 4.74 Å². The van der Waals surface area contributed by atoms with Crippen LogP contribution in [-0.4, -0.2) is 6.61 Å². The molecule has 2 aromatic carbocycles. The monoisotopic (exact) mass is 241 g/mol. The fraction of sp³-hybridized carbons (Fsp3) is 0.143. The second-order valence-corrected chi connectivity index (χ2v) is 4.39. The van der Waals surface area contributed by atoms with Crippen LogP contribution in [0.4, 0.5) is 17.1 Å². The number of nitrogens with one attached hydrogen (secondary N) is 1. The molecule has 0 amide bonds. The van der Waals surface area contributed by atoms with E-state index in [1.807, 2.05) is 30.3 Å². The van der Waals surface area contributed by atoms with Crippen LogP contribution in [0.5, 0.6) is 5.75 Å². The van der Waals surface area contributed by atoms with Crippen molar-refractivity contribution in [2.45, 2.75) is 6.04 Å². The maximum Gasteiger partial charge on any atom is 0.124 e. The van der Waals surface area contributed by atoms with E-state index in [-0.39, 0.29) is 6.04 Å². The second kappa shape index (κ2) is 4.14. The third kappa shape index (κ3) is 1.82. The number of para-hydroxylation sites is 1. The first-order valence-corrected chi connectivity index (χ1v) is 5.87. The smallest absolute Gasteiger partial charge is 0.124 e. The molecule has 1 atom stereocenters. The van der Waals surface area contributed by atoms with Gasteiger partial charge in [0.2, 0.25) is 0 Å². The third-order valence-electron chi connectivity index (χ3n) is 3.13. The van der Waals surface area contributed by atoms with Crippen LogP contribution in [0.25, 0.3) is 0 Å². The molecule has 18 heavy (non-hydrogen) atoms. The van der Waals surface area contributed by atoms with E-state index in [0.29, 0.717) is 18.0 Å². The average Bonchev–Trinajstić information content (AvgIpc) is 2.78. The molecule has 4 heteroatoms. The number of rotatable bonds is 2. The van der Waals surface area contributed by atoms with Gasteiger partial charge >= 0.3 is 0 Å². The maximum absolute atomic E-state index is 5.79. The SMILES string of the molecule is Nc1ccc(NC2COc3ccccc32)cc1N. The third-order valence-corrected chi connectivity index (χ3v) is 3.13. The van der Waals surface area contributed by atoms with E-state index in [9.17, 15) is 0 Å². The lowest BCUT2D eigenvalue weighted by Crippen LogP contribution is -2.12. The fourth-order valence-electron chi connectivity index (χ4n) is 2.15. The molecule has 92 valence electrons. The van der Waals surface area contributed by atoms with Crippen molar-refractivity contribution in [2.75, 3.05) is 23.4 Å². The molecule has 4 nitrogen and oxygen atoms in total. The number of nitrogen functional groups attached to an aromatic ring is 2. The first-order valence-electron chi connectivity index (χ1n) is 5.87. The molecule has 0 radical (unpaired) electrons. The molecule has 1 aliphatic heterocycles. The largest absolute Gasteiger partial charge is 0.491 e. The zero-order valence-electron chi connectivity index (χ0n) is 9.89. The summed E-state index contributed by atoms with van der Waals surface area (Å²) in [5.41, 5.74) is 14.8. The fourth-order valence-corrected chi connectivity index (χ4v) is 2.15. The summed E-state index contributed by atoms with van der Waals surface area (Å²) in [4.78, 5) is 0. The highest BCUT2D eigenvalue weighted by Crippen LogP contribution is 2.34. The summed E-state index contributed by atoms with van der Waals surface area (Å²) in [6, 6.07) is 13.8. The highest BCUT2D eigenvalue weighted by molar-refractivity contribution is 5.69. The second-order valence-electron chi connectivity index (χ2n) is 4.39. The van der Waals surface area contributed by atoms with Gasteiger partial charge in [0.25, 0.3) is 0 Å². The lowest BCUT2D eigenvalue weighted by atomic mass is 10.1. The number of fused-ring (bicyclic) bond motifs is 1. The summed E-state index contributed by atoms with van der Waals surface area (Å²) in [5.74, 6) is 0.943. The van der Waals surface area contributed by atoms with Gasteiger partial charge in [-0.25, -0.2) is 0 Å². The minimum atomic E-state index is 0.157. The predicted octanol–water partition coefficient (Wildman–Crippen LogP) is 2.40. The van der Waals surface area contributed by atoms with Gasteiger partial charge in [-0.3, -0.25) is 0 Å². The van der Waals surface area contributed by atoms with Crippen molar-refractivity contribution in [3.05, 3.63) is 48.0 Å². The van der Waals surface area contributed by atoms with E-state index in [1.165, 1.54) is 5.56 Å². The molecule has 0 aliphatic carbocycles. The van der Waals surface area contributed by atoms with Gasteiger partial charge < -0.3 is 21.5 Å². The van der Waals surface area contributed by atoms with Crippen LogP contribution >= 0.6 is 0 Å². The molecule has 3 rings (SSSR count). The summed E-state index contributed by atoms with van der Waals surface area (Å²) in [6.07, 6.45) is 0. The summed E-state index contributed by atoms with van der Waals surface area (Å²) in [6.45, 7) is 0.629. The van der Waals surface area contributed by atoms with Gasteiger partial charge in [0.15, 0.2) is 0 Å². The van der Waals surface area contributed by atoms with Crippen LogP contribution in [-0.2, 0) is 0 Å². The quantitative estimate of drug-likeness (QED) is 0.706. The molecule has 0 saturated carbocycles.